The Morgan fingerprint density at radius 1 is 1.29 bits per heavy atom. The van der Waals surface area contributed by atoms with Crippen LogP contribution in [0.15, 0.2) is 22.9 Å². The van der Waals surface area contributed by atoms with Gasteiger partial charge in [-0.15, -0.1) is 0 Å². The Kier molecular flexibility index (Phi) is 3.41. The van der Waals surface area contributed by atoms with Crippen LogP contribution in [-0.4, -0.2) is 22.1 Å². The lowest BCUT2D eigenvalue weighted by molar-refractivity contribution is 0.412. The number of aromatic amines is 1. The van der Waals surface area contributed by atoms with E-state index in [2.05, 4.69) is 30.9 Å². The zero-order chi connectivity index (χ0) is 15.1. The Bertz CT molecular complexity index is 845. The number of aromatic nitrogens is 3. The number of ether oxygens (including phenoxy) is 1. The second-order valence-electron chi connectivity index (χ2n) is 4.79. The van der Waals surface area contributed by atoms with Gasteiger partial charge in [0, 0.05) is 11.1 Å². The van der Waals surface area contributed by atoms with E-state index in [1.807, 2.05) is 26.0 Å². The van der Waals surface area contributed by atoms with Crippen molar-refractivity contribution in [1.82, 2.24) is 15.0 Å². The molecule has 0 aliphatic heterocycles. The quantitative estimate of drug-likeness (QED) is 0.755. The standard InChI is InChI=1S/C15H13BrFN3O/c1-7-4-5-10(21-3)8(2)11(7)9-6-18-15-13(19-9)12(17)14(16)20-15/h4-6H,1-3H3,(H,18,20). The maximum atomic E-state index is 14.0. The van der Waals surface area contributed by atoms with E-state index in [9.17, 15) is 4.39 Å². The summed E-state index contributed by atoms with van der Waals surface area (Å²) in [4.78, 5) is 11.5. The number of rotatable bonds is 2. The molecule has 0 fully saturated rings. The topological polar surface area (TPSA) is 50.8 Å². The monoisotopic (exact) mass is 349 g/mol. The molecule has 21 heavy (non-hydrogen) atoms. The van der Waals surface area contributed by atoms with Gasteiger partial charge in [-0.2, -0.15) is 0 Å². The minimum Gasteiger partial charge on any atom is -0.496 e. The number of nitrogens with zero attached hydrogens (tertiary/aromatic N) is 2. The van der Waals surface area contributed by atoms with Gasteiger partial charge >= 0.3 is 0 Å². The van der Waals surface area contributed by atoms with Gasteiger partial charge in [0.25, 0.3) is 0 Å². The Labute approximate surface area is 129 Å². The van der Waals surface area contributed by atoms with Crippen molar-refractivity contribution in [2.45, 2.75) is 13.8 Å². The molecule has 6 heteroatoms. The van der Waals surface area contributed by atoms with Crippen LogP contribution in [0.5, 0.6) is 5.75 Å². The molecule has 0 saturated carbocycles. The highest BCUT2D eigenvalue weighted by Gasteiger charge is 2.16. The lowest BCUT2D eigenvalue weighted by atomic mass is 9.99. The highest BCUT2D eigenvalue weighted by molar-refractivity contribution is 9.10. The van der Waals surface area contributed by atoms with Crippen LogP contribution in [0.2, 0.25) is 0 Å². The summed E-state index contributed by atoms with van der Waals surface area (Å²) in [6.45, 7) is 3.94. The Balaban J connectivity index is 2.27. The predicted octanol–water partition coefficient (Wildman–Crippen LogP) is 4.15. The molecule has 0 atom stereocenters. The average Bonchev–Trinajstić information content (AvgIpc) is 2.75. The third-order valence-corrected chi connectivity index (χ3v) is 4.05. The van der Waals surface area contributed by atoms with Crippen molar-refractivity contribution in [1.29, 1.82) is 0 Å². The zero-order valence-corrected chi connectivity index (χ0v) is 13.4. The molecule has 0 radical (unpaired) electrons. The van der Waals surface area contributed by atoms with Gasteiger partial charge in [0.2, 0.25) is 0 Å². The molecule has 0 amide bonds. The molecular formula is C15H13BrFN3O. The van der Waals surface area contributed by atoms with Gasteiger partial charge < -0.3 is 9.72 Å². The van der Waals surface area contributed by atoms with Crippen LogP contribution in [0, 0.1) is 19.7 Å². The van der Waals surface area contributed by atoms with E-state index < -0.39 is 5.82 Å². The Hall–Kier alpha value is -1.95. The summed E-state index contributed by atoms with van der Waals surface area (Å²) in [7, 11) is 1.62. The van der Waals surface area contributed by atoms with Crippen molar-refractivity contribution >= 4 is 27.1 Å². The van der Waals surface area contributed by atoms with Crippen LogP contribution in [0.3, 0.4) is 0 Å². The third kappa shape index (κ3) is 2.19. The summed E-state index contributed by atoms with van der Waals surface area (Å²) in [5.74, 6) is 0.339. The number of hydrogen-bond acceptors (Lipinski definition) is 3. The van der Waals surface area contributed by atoms with Crippen LogP contribution in [0.4, 0.5) is 4.39 Å². The van der Waals surface area contributed by atoms with Crippen molar-refractivity contribution < 1.29 is 9.13 Å². The van der Waals surface area contributed by atoms with E-state index in [0.29, 0.717) is 11.3 Å². The SMILES string of the molecule is COc1ccc(C)c(-c2cnc3[nH]c(Br)c(F)c3n2)c1C. The van der Waals surface area contributed by atoms with Crippen LogP contribution in [0.1, 0.15) is 11.1 Å². The van der Waals surface area contributed by atoms with Crippen molar-refractivity contribution in [2.24, 2.45) is 0 Å². The molecule has 0 bridgehead atoms. The van der Waals surface area contributed by atoms with E-state index in [0.717, 1.165) is 22.4 Å². The number of aryl methyl sites for hydroxylation is 1. The average molecular weight is 350 g/mol. The number of fused-ring (bicyclic) bond motifs is 1. The molecular weight excluding hydrogens is 337 g/mol. The summed E-state index contributed by atoms with van der Waals surface area (Å²) < 4.78 is 19.6. The summed E-state index contributed by atoms with van der Waals surface area (Å²) >= 11 is 3.11. The van der Waals surface area contributed by atoms with E-state index in [1.54, 1.807) is 13.3 Å². The minimum absolute atomic E-state index is 0.223. The molecule has 108 valence electrons. The molecule has 0 spiro atoms. The van der Waals surface area contributed by atoms with Gasteiger partial charge in [0.1, 0.15) is 15.9 Å². The highest BCUT2D eigenvalue weighted by atomic mass is 79.9. The zero-order valence-electron chi connectivity index (χ0n) is 11.8. The van der Waals surface area contributed by atoms with Crippen molar-refractivity contribution in [3.05, 3.63) is 39.9 Å². The molecule has 3 rings (SSSR count). The first kappa shape index (κ1) is 14.0. The molecule has 2 heterocycles. The lowest BCUT2D eigenvalue weighted by Crippen LogP contribution is -1.96. The number of hydrogen-bond donors (Lipinski definition) is 1. The Morgan fingerprint density at radius 2 is 2.05 bits per heavy atom. The van der Waals surface area contributed by atoms with Gasteiger partial charge in [-0.3, -0.25) is 0 Å². The van der Waals surface area contributed by atoms with Crippen LogP contribution < -0.4 is 4.74 Å². The normalized spacial score (nSPS) is 11.1. The van der Waals surface area contributed by atoms with Gasteiger partial charge in [-0.05, 0) is 41.4 Å². The number of nitrogens with one attached hydrogen (secondary N) is 1. The fraction of sp³-hybridized carbons (Fsp3) is 0.200. The van der Waals surface area contributed by atoms with Crippen molar-refractivity contribution in [3.63, 3.8) is 0 Å². The van der Waals surface area contributed by atoms with E-state index in [4.69, 9.17) is 4.74 Å². The highest BCUT2D eigenvalue weighted by Crippen LogP contribution is 2.33. The summed E-state index contributed by atoms with van der Waals surface area (Å²) in [5.41, 5.74) is 4.18. The smallest absolute Gasteiger partial charge is 0.183 e. The molecule has 0 saturated heterocycles. The third-order valence-electron chi connectivity index (χ3n) is 3.50. The first-order valence-corrected chi connectivity index (χ1v) is 7.16. The number of methoxy groups -OCH3 is 1. The maximum Gasteiger partial charge on any atom is 0.183 e. The molecule has 0 aliphatic rings. The molecule has 0 unspecified atom stereocenters. The summed E-state index contributed by atoms with van der Waals surface area (Å²) in [6.07, 6.45) is 1.64. The number of H-pyrrole nitrogens is 1. The van der Waals surface area contributed by atoms with Crippen LogP contribution in [0.25, 0.3) is 22.4 Å². The van der Waals surface area contributed by atoms with E-state index in [-0.39, 0.29) is 10.1 Å². The maximum absolute atomic E-state index is 14.0. The second kappa shape index (κ2) is 5.11. The molecule has 0 aliphatic carbocycles. The van der Waals surface area contributed by atoms with Gasteiger partial charge in [0.05, 0.1) is 19.0 Å². The Morgan fingerprint density at radius 3 is 2.76 bits per heavy atom. The van der Waals surface area contributed by atoms with Crippen LogP contribution >= 0.6 is 15.9 Å². The molecule has 1 N–H and O–H groups in total. The molecule has 1 aromatic carbocycles. The summed E-state index contributed by atoms with van der Waals surface area (Å²) in [6, 6.07) is 3.87. The predicted molar refractivity (Wildman–Crippen MR) is 83.0 cm³/mol. The second-order valence-corrected chi connectivity index (χ2v) is 5.58. The lowest BCUT2D eigenvalue weighted by Gasteiger charge is -2.12. The first-order chi connectivity index (χ1) is 10.0. The largest absolute Gasteiger partial charge is 0.496 e. The first-order valence-electron chi connectivity index (χ1n) is 6.37. The molecule has 2 aromatic heterocycles. The number of benzene rings is 1. The van der Waals surface area contributed by atoms with Crippen molar-refractivity contribution in [2.75, 3.05) is 7.11 Å². The molecule has 3 aromatic rings. The van der Waals surface area contributed by atoms with E-state index in [1.165, 1.54) is 0 Å². The van der Waals surface area contributed by atoms with Crippen molar-refractivity contribution in [3.8, 4) is 17.0 Å². The molecule has 4 nitrogen and oxygen atoms in total. The van der Waals surface area contributed by atoms with Crippen LogP contribution in [-0.2, 0) is 0 Å². The van der Waals surface area contributed by atoms with Gasteiger partial charge in [-0.1, -0.05) is 6.07 Å². The fourth-order valence-corrected chi connectivity index (χ4v) is 2.84. The van der Waals surface area contributed by atoms with E-state index >= 15 is 0 Å². The fourth-order valence-electron chi connectivity index (χ4n) is 2.46. The number of halogens is 2. The summed E-state index contributed by atoms with van der Waals surface area (Å²) in [5, 5.41) is 0. The minimum atomic E-state index is -0.433. The van der Waals surface area contributed by atoms with Gasteiger partial charge in [0.15, 0.2) is 11.5 Å². The van der Waals surface area contributed by atoms with Gasteiger partial charge in [-0.25, -0.2) is 14.4 Å².